The molecule has 7 aliphatic rings. The van der Waals surface area contributed by atoms with E-state index in [1.165, 1.54) is 37.5 Å². The first kappa shape index (κ1) is 17.4. The zero-order chi connectivity index (χ0) is 16.6. The van der Waals surface area contributed by atoms with Crippen molar-refractivity contribution in [2.75, 3.05) is 0 Å². The van der Waals surface area contributed by atoms with Gasteiger partial charge in [0, 0.05) is 0 Å². The highest BCUT2D eigenvalue weighted by atomic mass is 14.5. The number of hydrogen-bond donors (Lipinski definition) is 0. The molecule has 0 aromatic heterocycles. The third kappa shape index (κ3) is 3.73. The summed E-state index contributed by atoms with van der Waals surface area (Å²) in [6.45, 7) is 4.92. The summed E-state index contributed by atoms with van der Waals surface area (Å²) in [7, 11) is 0. The van der Waals surface area contributed by atoms with Crippen LogP contribution in [0.1, 0.15) is 110 Å². The van der Waals surface area contributed by atoms with Crippen LogP contribution in [0.4, 0.5) is 0 Å². The Hall–Kier alpha value is 0. The SMILES string of the molecule is C1CC2CCC1C2.C1CC2CCC1CC2.CC1(C)C2CCC1CC2. The van der Waals surface area contributed by atoms with Crippen molar-refractivity contribution in [3.8, 4) is 0 Å². The van der Waals surface area contributed by atoms with Crippen LogP contribution in [0.2, 0.25) is 0 Å². The van der Waals surface area contributed by atoms with Gasteiger partial charge in [0.2, 0.25) is 0 Å². The lowest BCUT2D eigenvalue weighted by atomic mass is 9.71. The smallest absolute Gasteiger partial charge is 0.0298 e. The minimum atomic E-state index is 0.722. The van der Waals surface area contributed by atoms with Gasteiger partial charge in [-0.15, -0.1) is 0 Å². The number of rotatable bonds is 0. The van der Waals surface area contributed by atoms with Gasteiger partial charge in [0.25, 0.3) is 0 Å². The fraction of sp³-hybridized carbons (Fsp3) is 1.00. The zero-order valence-electron chi connectivity index (χ0n) is 16.6. The maximum absolute atomic E-state index is 2.46. The second-order valence-corrected chi connectivity index (χ2v) is 11.0. The maximum atomic E-state index is 2.46. The molecule has 0 heteroatoms. The molecule has 0 aliphatic heterocycles. The van der Waals surface area contributed by atoms with Crippen LogP contribution in [-0.2, 0) is 0 Å². The summed E-state index contributed by atoms with van der Waals surface area (Å²) in [6, 6.07) is 0. The molecule has 7 rings (SSSR count). The molecule has 0 N–H and O–H groups in total. The average molecular weight is 331 g/mol. The van der Waals surface area contributed by atoms with E-state index in [9.17, 15) is 0 Å². The monoisotopic (exact) mass is 330 g/mol. The lowest BCUT2D eigenvalue weighted by molar-refractivity contribution is 0.176. The Labute approximate surface area is 151 Å². The van der Waals surface area contributed by atoms with Gasteiger partial charge in [0.15, 0.2) is 0 Å². The summed E-state index contributed by atoms with van der Waals surface area (Å²) in [5.41, 5.74) is 0.722. The fourth-order valence-electron chi connectivity index (χ4n) is 7.37. The highest BCUT2D eigenvalue weighted by Gasteiger charge is 2.47. The molecule has 0 aromatic rings. The van der Waals surface area contributed by atoms with Crippen molar-refractivity contribution in [3.05, 3.63) is 0 Å². The van der Waals surface area contributed by atoms with Crippen LogP contribution in [0.5, 0.6) is 0 Å². The van der Waals surface area contributed by atoms with Crippen LogP contribution in [0, 0.1) is 40.9 Å². The van der Waals surface area contributed by atoms with Gasteiger partial charge >= 0.3 is 0 Å². The minimum absolute atomic E-state index is 0.722. The van der Waals surface area contributed by atoms with E-state index in [0.717, 1.165) is 29.1 Å². The molecule has 0 radical (unpaired) electrons. The molecule has 0 aromatic carbocycles. The van der Waals surface area contributed by atoms with E-state index < -0.39 is 0 Å². The molecule has 7 aliphatic carbocycles. The van der Waals surface area contributed by atoms with Crippen LogP contribution < -0.4 is 0 Å². The van der Waals surface area contributed by atoms with Gasteiger partial charge in [-0.25, -0.2) is 0 Å². The van der Waals surface area contributed by atoms with Crippen LogP contribution in [0.15, 0.2) is 0 Å². The molecule has 7 fully saturated rings. The predicted molar refractivity (Wildman–Crippen MR) is 104 cm³/mol. The van der Waals surface area contributed by atoms with E-state index in [2.05, 4.69) is 13.8 Å². The Morgan fingerprint density at radius 1 is 0.417 bits per heavy atom. The molecule has 0 nitrogen and oxygen atoms in total. The second kappa shape index (κ2) is 7.32. The van der Waals surface area contributed by atoms with Gasteiger partial charge in [-0.1, -0.05) is 78.1 Å². The van der Waals surface area contributed by atoms with Gasteiger partial charge in [0.1, 0.15) is 0 Å². The lowest BCUT2D eigenvalue weighted by Gasteiger charge is -2.35. The van der Waals surface area contributed by atoms with Crippen molar-refractivity contribution in [1.29, 1.82) is 0 Å². The molecule has 7 saturated carbocycles. The molecule has 0 heterocycles. The first-order valence-electron chi connectivity index (χ1n) is 11.6. The Morgan fingerprint density at radius 2 is 0.708 bits per heavy atom. The summed E-state index contributed by atoms with van der Waals surface area (Å²) in [6.07, 6.45) is 23.3. The van der Waals surface area contributed by atoms with Crippen LogP contribution >= 0.6 is 0 Å². The maximum Gasteiger partial charge on any atom is -0.0298 e. The average Bonchev–Trinajstić information content (AvgIpc) is 3.41. The highest BCUT2D eigenvalue weighted by molar-refractivity contribution is 4.97. The first-order valence-corrected chi connectivity index (χ1v) is 11.6. The molecule has 0 saturated heterocycles. The molecule has 6 bridgehead atoms. The van der Waals surface area contributed by atoms with Crippen molar-refractivity contribution >= 4 is 0 Å². The van der Waals surface area contributed by atoms with Gasteiger partial charge < -0.3 is 0 Å². The van der Waals surface area contributed by atoms with Gasteiger partial charge in [-0.3, -0.25) is 0 Å². The van der Waals surface area contributed by atoms with E-state index in [-0.39, 0.29) is 0 Å². The normalized spacial score (nSPS) is 46.2. The summed E-state index contributed by atoms with van der Waals surface area (Å²) < 4.78 is 0. The topological polar surface area (TPSA) is 0 Å². The molecule has 0 unspecified atom stereocenters. The second-order valence-electron chi connectivity index (χ2n) is 11.0. The predicted octanol–water partition coefficient (Wildman–Crippen LogP) is 7.62. The van der Waals surface area contributed by atoms with E-state index in [1.54, 1.807) is 70.6 Å². The summed E-state index contributed by atoms with van der Waals surface area (Å²) in [4.78, 5) is 0. The third-order valence-electron chi connectivity index (χ3n) is 9.41. The fourth-order valence-corrected chi connectivity index (χ4v) is 7.37. The molecule has 138 valence electrons. The van der Waals surface area contributed by atoms with E-state index in [1.807, 2.05) is 0 Å². The highest BCUT2D eigenvalue weighted by Crippen LogP contribution is 2.57. The van der Waals surface area contributed by atoms with Crippen molar-refractivity contribution in [2.45, 2.75) is 110 Å². The number of hydrogen-bond acceptors (Lipinski definition) is 0. The van der Waals surface area contributed by atoms with Gasteiger partial charge in [-0.2, -0.15) is 0 Å². The summed E-state index contributed by atoms with van der Waals surface area (Å²) in [5, 5.41) is 0. The van der Waals surface area contributed by atoms with Crippen LogP contribution in [0.3, 0.4) is 0 Å². The molecule has 0 amide bonds. The van der Waals surface area contributed by atoms with Crippen molar-refractivity contribution in [3.63, 3.8) is 0 Å². The third-order valence-corrected chi connectivity index (χ3v) is 9.41. The molecule has 24 heavy (non-hydrogen) atoms. The van der Waals surface area contributed by atoms with Crippen molar-refractivity contribution < 1.29 is 0 Å². The van der Waals surface area contributed by atoms with Crippen LogP contribution in [-0.4, -0.2) is 0 Å². The van der Waals surface area contributed by atoms with E-state index in [4.69, 9.17) is 0 Å². The van der Waals surface area contributed by atoms with Crippen LogP contribution in [0.25, 0.3) is 0 Å². The van der Waals surface area contributed by atoms with E-state index >= 15 is 0 Å². The molecular weight excluding hydrogens is 288 g/mol. The standard InChI is InChI=1S/C9H16.C8H14.C7H12/c1-9(2)7-3-4-8(9)6-5-7;1-2-8-5-3-7(1)4-6-8;1-2-7-4-3-6(1)5-7/h7-8H,3-6H2,1-2H3;7-8H,1-6H2;6-7H,1-5H2. The summed E-state index contributed by atoms with van der Waals surface area (Å²) in [5.74, 6) is 6.82. The Balaban J connectivity index is 0.0000000918. The molecule has 0 atom stereocenters. The Morgan fingerprint density at radius 3 is 0.833 bits per heavy atom. The quantitative estimate of drug-likeness (QED) is 0.428. The van der Waals surface area contributed by atoms with E-state index in [0.29, 0.717) is 0 Å². The largest absolute Gasteiger partial charge is 0.0594 e. The van der Waals surface area contributed by atoms with Crippen molar-refractivity contribution in [1.82, 2.24) is 0 Å². The summed E-state index contributed by atoms with van der Waals surface area (Å²) >= 11 is 0. The molecular formula is C24H42. The van der Waals surface area contributed by atoms with Gasteiger partial charge in [-0.05, 0) is 73.0 Å². The number of fused-ring (bicyclic) bond motifs is 7. The van der Waals surface area contributed by atoms with Gasteiger partial charge in [0.05, 0.1) is 0 Å². The minimum Gasteiger partial charge on any atom is -0.0594 e. The van der Waals surface area contributed by atoms with Crippen molar-refractivity contribution in [2.24, 2.45) is 40.9 Å². The Kier molecular flexibility index (Phi) is 5.31. The molecule has 0 spiro atoms. The first-order chi connectivity index (χ1) is 11.6. The Bertz CT molecular complexity index is 337. The lowest BCUT2D eigenvalue weighted by Crippen LogP contribution is -2.21. The zero-order valence-corrected chi connectivity index (χ0v) is 16.6.